The van der Waals surface area contributed by atoms with Crippen LogP contribution < -0.4 is 0 Å². The van der Waals surface area contributed by atoms with Crippen molar-refractivity contribution in [2.45, 2.75) is 0 Å². The molecule has 0 unspecified atom stereocenters. The summed E-state index contributed by atoms with van der Waals surface area (Å²) in [7, 11) is 0. The molecule has 0 atom stereocenters. The second-order valence-electron chi connectivity index (χ2n) is 2.83. The van der Waals surface area contributed by atoms with Gasteiger partial charge in [0.15, 0.2) is 0 Å². The predicted molar refractivity (Wildman–Crippen MR) is 62.0 cm³/mol. The highest BCUT2D eigenvalue weighted by Crippen LogP contribution is 2.21. The van der Waals surface area contributed by atoms with Gasteiger partial charge in [0.25, 0.3) is 0 Å². The lowest BCUT2D eigenvalue weighted by Gasteiger charge is -2.00. The number of halogens is 2. The SMILES string of the molecule is O=C(c1ccsc1)c1ncc(Cl)cc1Cl. The van der Waals surface area contributed by atoms with Crippen LogP contribution in [0.3, 0.4) is 0 Å². The van der Waals surface area contributed by atoms with Gasteiger partial charge in [-0.25, -0.2) is 4.98 Å². The summed E-state index contributed by atoms with van der Waals surface area (Å²) >= 11 is 13.0. The number of hydrogen-bond acceptors (Lipinski definition) is 3. The van der Waals surface area contributed by atoms with Crippen LogP contribution in [0.4, 0.5) is 0 Å². The zero-order valence-corrected chi connectivity index (χ0v) is 9.73. The summed E-state index contributed by atoms with van der Waals surface area (Å²) in [5.41, 5.74) is 0.830. The molecule has 0 aliphatic carbocycles. The first-order valence-electron chi connectivity index (χ1n) is 4.06. The molecule has 0 amide bonds. The monoisotopic (exact) mass is 257 g/mol. The maximum absolute atomic E-state index is 11.9. The molecule has 2 nitrogen and oxygen atoms in total. The molecule has 5 heteroatoms. The molecule has 2 heterocycles. The van der Waals surface area contributed by atoms with Crippen molar-refractivity contribution in [2.75, 3.05) is 0 Å². The van der Waals surface area contributed by atoms with Gasteiger partial charge in [0.1, 0.15) is 5.69 Å². The average molecular weight is 258 g/mol. The summed E-state index contributed by atoms with van der Waals surface area (Å²) in [6.07, 6.45) is 1.41. The van der Waals surface area contributed by atoms with Crippen molar-refractivity contribution in [1.82, 2.24) is 4.98 Å². The molecular formula is C10H5Cl2NOS. The van der Waals surface area contributed by atoms with Gasteiger partial charge in [0.2, 0.25) is 5.78 Å². The van der Waals surface area contributed by atoms with E-state index in [1.165, 1.54) is 23.6 Å². The molecule has 76 valence electrons. The lowest BCUT2D eigenvalue weighted by molar-refractivity contribution is 0.103. The molecule has 0 saturated heterocycles. The molecule has 0 aromatic carbocycles. The molecule has 0 radical (unpaired) electrons. The van der Waals surface area contributed by atoms with Gasteiger partial charge in [-0.2, -0.15) is 11.3 Å². The number of nitrogens with zero attached hydrogens (tertiary/aromatic N) is 1. The Morgan fingerprint density at radius 1 is 1.40 bits per heavy atom. The maximum Gasteiger partial charge on any atom is 0.213 e. The fourth-order valence-electron chi connectivity index (χ4n) is 1.11. The summed E-state index contributed by atoms with van der Waals surface area (Å²) < 4.78 is 0. The summed E-state index contributed by atoms with van der Waals surface area (Å²) in [6, 6.07) is 3.25. The Bertz CT molecular complexity index is 496. The minimum absolute atomic E-state index is 0.182. The molecule has 0 fully saturated rings. The van der Waals surface area contributed by atoms with E-state index in [1.54, 1.807) is 11.4 Å². The number of thiophene rings is 1. The molecule has 0 aliphatic heterocycles. The number of carbonyl (C=O) groups is 1. The fourth-order valence-corrected chi connectivity index (χ4v) is 2.21. The Morgan fingerprint density at radius 2 is 2.20 bits per heavy atom. The van der Waals surface area contributed by atoms with Crippen molar-refractivity contribution in [3.63, 3.8) is 0 Å². The topological polar surface area (TPSA) is 30.0 Å². The molecule has 2 rings (SSSR count). The minimum Gasteiger partial charge on any atom is -0.287 e. The highest BCUT2D eigenvalue weighted by atomic mass is 35.5. The number of rotatable bonds is 2. The smallest absolute Gasteiger partial charge is 0.213 e. The second kappa shape index (κ2) is 4.31. The van der Waals surface area contributed by atoms with Crippen molar-refractivity contribution in [2.24, 2.45) is 0 Å². The molecular weight excluding hydrogens is 253 g/mol. The van der Waals surface area contributed by atoms with Gasteiger partial charge in [0, 0.05) is 17.1 Å². The largest absolute Gasteiger partial charge is 0.287 e. The molecule has 0 N–H and O–H groups in total. The molecule has 0 spiro atoms. The van der Waals surface area contributed by atoms with E-state index < -0.39 is 0 Å². The van der Waals surface area contributed by atoms with Crippen LogP contribution in [0.15, 0.2) is 29.1 Å². The minimum atomic E-state index is -0.182. The Labute approximate surface area is 100 Å². The molecule has 2 aromatic rings. The van der Waals surface area contributed by atoms with Gasteiger partial charge in [-0.05, 0) is 17.5 Å². The van der Waals surface area contributed by atoms with Gasteiger partial charge < -0.3 is 0 Å². The van der Waals surface area contributed by atoms with Crippen molar-refractivity contribution in [3.05, 3.63) is 50.4 Å². The Balaban J connectivity index is 2.42. The molecule has 0 saturated carbocycles. The van der Waals surface area contributed by atoms with Crippen LogP contribution in [0.2, 0.25) is 10.0 Å². The van der Waals surface area contributed by atoms with E-state index in [9.17, 15) is 4.79 Å². The lowest BCUT2D eigenvalue weighted by atomic mass is 10.1. The van der Waals surface area contributed by atoms with Crippen LogP contribution in [0.25, 0.3) is 0 Å². The molecule has 0 aliphatic rings. The third kappa shape index (κ3) is 2.20. The van der Waals surface area contributed by atoms with Gasteiger partial charge in [0.05, 0.1) is 10.0 Å². The van der Waals surface area contributed by atoms with E-state index in [0.717, 1.165) is 0 Å². The zero-order valence-electron chi connectivity index (χ0n) is 7.41. The van der Waals surface area contributed by atoms with E-state index in [-0.39, 0.29) is 16.5 Å². The Hall–Kier alpha value is -0.900. The van der Waals surface area contributed by atoms with Crippen LogP contribution in [-0.2, 0) is 0 Å². The predicted octanol–water partition coefficient (Wildman–Crippen LogP) is 3.68. The Morgan fingerprint density at radius 3 is 2.80 bits per heavy atom. The third-order valence-electron chi connectivity index (χ3n) is 1.81. The third-order valence-corrected chi connectivity index (χ3v) is 2.98. The van der Waals surface area contributed by atoms with E-state index in [4.69, 9.17) is 23.2 Å². The number of carbonyl (C=O) groups excluding carboxylic acids is 1. The van der Waals surface area contributed by atoms with Gasteiger partial charge in [-0.15, -0.1) is 0 Å². The standard InChI is InChI=1S/C10H5Cl2NOS/c11-7-3-8(12)9(13-4-7)10(14)6-1-2-15-5-6/h1-5H. The van der Waals surface area contributed by atoms with Gasteiger partial charge in [-0.1, -0.05) is 23.2 Å². The van der Waals surface area contributed by atoms with Crippen molar-refractivity contribution < 1.29 is 4.79 Å². The van der Waals surface area contributed by atoms with Crippen molar-refractivity contribution in [3.8, 4) is 0 Å². The van der Waals surface area contributed by atoms with Crippen molar-refractivity contribution in [1.29, 1.82) is 0 Å². The fraction of sp³-hybridized carbons (Fsp3) is 0. The maximum atomic E-state index is 11.9. The first-order valence-corrected chi connectivity index (χ1v) is 5.76. The number of hydrogen-bond donors (Lipinski definition) is 0. The highest BCUT2D eigenvalue weighted by molar-refractivity contribution is 7.08. The van der Waals surface area contributed by atoms with Crippen LogP contribution in [-0.4, -0.2) is 10.8 Å². The highest BCUT2D eigenvalue weighted by Gasteiger charge is 2.14. The van der Waals surface area contributed by atoms with Gasteiger partial charge in [-0.3, -0.25) is 4.79 Å². The summed E-state index contributed by atoms with van der Waals surface area (Å²) in [6.45, 7) is 0. The van der Waals surface area contributed by atoms with Crippen LogP contribution in [0, 0.1) is 0 Å². The summed E-state index contributed by atoms with van der Waals surface area (Å²) in [5, 5.41) is 4.28. The quantitative estimate of drug-likeness (QED) is 0.769. The van der Waals surface area contributed by atoms with E-state index in [0.29, 0.717) is 10.6 Å². The summed E-state index contributed by atoms with van der Waals surface area (Å²) in [4.78, 5) is 15.8. The zero-order chi connectivity index (χ0) is 10.8. The van der Waals surface area contributed by atoms with E-state index in [1.807, 2.05) is 5.38 Å². The summed E-state index contributed by atoms with van der Waals surface area (Å²) in [5.74, 6) is -0.182. The van der Waals surface area contributed by atoms with Crippen LogP contribution in [0.1, 0.15) is 16.1 Å². The number of pyridine rings is 1. The number of aromatic nitrogens is 1. The number of ketones is 1. The lowest BCUT2D eigenvalue weighted by Crippen LogP contribution is -2.03. The van der Waals surface area contributed by atoms with E-state index >= 15 is 0 Å². The van der Waals surface area contributed by atoms with E-state index in [2.05, 4.69) is 4.98 Å². The van der Waals surface area contributed by atoms with Crippen molar-refractivity contribution >= 4 is 40.3 Å². The second-order valence-corrected chi connectivity index (χ2v) is 4.45. The molecule has 2 aromatic heterocycles. The normalized spacial score (nSPS) is 10.3. The van der Waals surface area contributed by atoms with Crippen LogP contribution >= 0.6 is 34.5 Å². The Kier molecular flexibility index (Phi) is 3.05. The van der Waals surface area contributed by atoms with Gasteiger partial charge >= 0.3 is 0 Å². The molecule has 0 bridgehead atoms. The average Bonchev–Trinajstić information content (AvgIpc) is 2.69. The van der Waals surface area contributed by atoms with Crippen LogP contribution in [0.5, 0.6) is 0 Å². The first-order chi connectivity index (χ1) is 7.18. The first kappa shape index (κ1) is 10.6. The molecule has 15 heavy (non-hydrogen) atoms.